The lowest BCUT2D eigenvalue weighted by molar-refractivity contribution is 0.0694. The summed E-state index contributed by atoms with van der Waals surface area (Å²) in [5.74, 6) is -1.35. The predicted molar refractivity (Wildman–Crippen MR) is 82.7 cm³/mol. The Morgan fingerprint density at radius 3 is 2.38 bits per heavy atom. The lowest BCUT2D eigenvalue weighted by Gasteiger charge is -2.10. The topological polar surface area (TPSA) is 57.5 Å². The van der Waals surface area contributed by atoms with Crippen molar-refractivity contribution in [2.24, 2.45) is 0 Å². The van der Waals surface area contributed by atoms with Gasteiger partial charge in [-0.25, -0.2) is 4.79 Å². The van der Waals surface area contributed by atoms with E-state index in [1.807, 2.05) is 24.3 Å². The Morgan fingerprint density at radius 2 is 1.67 bits per heavy atom. The van der Waals surface area contributed by atoms with Crippen molar-refractivity contribution in [1.82, 2.24) is 0 Å². The van der Waals surface area contributed by atoms with Crippen molar-refractivity contribution in [3.63, 3.8) is 0 Å². The Morgan fingerprint density at radius 1 is 0.952 bits per heavy atom. The lowest BCUT2D eigenvalue weighted by Crippen LogP contribution is -1.96. The number of fused-ring (bicyclic) bond motifs is 1. The molecule has 21 heavy (non-hydrogen) atoms. The van der Waals surface area contributed by atoms with Crippen LogP contribution in [0.4, 0.5) is 0 Å². The normalized spacial score (nSPS) is 10.7. The summed E-state index contributed by atoms with van der Waals surface area (Å²) in [6.45, 7) is 2.05. The zero-order valence-electron chi connectivity index (χ0n) is 11.5. The smallest absolute Gasteiger partial charge is 0.339 e. The SMILES string of the molecule is Cc1cccc2c(-c3ccc(C(=O)O)c(O)c3)cccc12. The molecule has 0 aromatic heterocycles. The van der Waals surface area contributed by atoms with E-state index < -0.39 is 5.97 Å². The van der Waals surface area contributed by atoms with Crippen LogP contribution in [-0.2, 0) is 0 Å². The third-order valence-electron chi connectivity index (χ3n) is 3.68. The Kier molecular flexibility index (Phi) is 3.10. The molecule has 2 N–H and O–H groups in total. The van der Waals surface area contributed by atoms with Gasteiger partial charge in [0.2, 0.25) is 0 Å². The lowest BCUT2D eigenvalue weighted by atomic mass is 9.95. The molecule has 3 nitrogen and oxygen atoms in total. The molecule has 0 atom stereocenters. The second-order valence-corrected chi connectivity index (χ2v) is 5.01. The molecular weight excluding hydrogens is 264 g/mol. The highest BCUT2D eigenvalue weighted by Crippen LogP contribution is 2.32. The van der Waals surface area contributed by atoms with Gasteiger partial charge in [-0.05, 0) is 46.5 Å². The largest absolute Gasteiger partial charge is 0.507 e. The number of hydrogen-bond donors (Lipinski definition) is 2. The van der Waals surface area contributed by atoms with Gasteiger partial charge in [-0.3, -0.25) is 0 Å². The second kappa shape index (κ2) is 4.94. The maximum Gasteiger partial charge on any atom is 0.339 e. The quantitative estimate of drug-likeness (QED) is 0.738. The molecule has 0 unspecified atom stereocenters. The minimum atomic E-state index is -1.13. The summed E-state index contributed by atoms with van der Waals surface area (Å²) >= 11 is 0. The van der Waals surface area contributed by atoms with E-state index in [-0.39, 0.29) is 11.3 Å². The van der Waals surface area contributed by atoms with Crippen molar-refractivity contribution in [3.05, 3.63) is 65.7 Å². The van der Waals surface area contributed by atoms with Gasteiger partial charge in [-0.1, -0.05) is 42.5 Å². The van der Waals surface area contributed by atoms with Gasteiger partial charge >= 0.3 is 5.97 Å². The van der Waals surface area contributed by atoms with Crippen molar-refractivity contribution >= 4 is 16.7 Å². The fourth-order valence-corrected chi connectivity index (χ4v) is 2.60. The average Bonchev–Trinajstić information content (AvgIpc) is 2.46. The van der Waals surface area contributed by atoms with E-state index in [2.05, 4.69) is 19.1 Å². The molecule has 0 radical (unpaired) electrons. The Bertz CT molecular complexity index is 850. The number of carboxylic acids is 1. The summed E-state index contributed by atoms with van der Waals surface area (Å²) in [6, 6.07) is 16.7. The summed E-state index contributed by atoms with van der Waals surface area (Å²) in [5, 5.41) is 21.1. The zero-order valence-corrected chi connectivity index (χ0v) is 11.5. The molecule has 0 saturated heterocycles. The van der Waals surface area contributed by atoms with Crippen molar-refractivity contribution in [3.8, 4) is 16.9 Å². The first kappa shape index (κ1) is 13.2. The first-order valence-corrected chi connectivity index (χ1v) is 6.63. The number of aryl methyl sites for hydroxylation is 1. The molecule has 0 aliphatic heterocycles. The molecule has 0 aliphatic carbocycles. The monoisotopic (exact) mass is 278 g/mol. The van der Waals surface area contributed by atoms with E-state index in [4.69, 9.17) is 5.11 Å². The van der Waals surface area contributed by atoms with Crippen LogP contribution < -0.4 is 0 Å². The maximum atomic E-state index is 11.0. The molecule has 0 bridgehead atoms. The molecule has 104 valence electrons. The van der Waals surface area contributed by atoms with E-state index >= 15 is 0 Å². The van der Waals surface area contributed by atoms with Crippen LogP contribution in [0.25, 0.3) is 21.9 Å². The van der Waals surface area contributed by atoms with E-state index in [0.29, 0.717) is 0 Å². The fourth-order valence-electron chi connectivity index (χ4n) is 2.60. The summed E-state index contributed by atoms with van der Waals surface area (Å²) < 4.78 is 0. The van der Waals surface area contributed by atoms with Gasteiger partial charge in [0.15, 0.2) is 0 Å². The molecule has 0 heterocycles. The summed E-state index contributed by atoms with van der Waals surface area (Å²) in [6.07, 6.45) is 0. The number of benzene rings is 3. The van der Waals surface area contributed by atoms with Gasteiger partial charge in [0, 0.05) is 0 Å². The highest BCUT2D eigenvalue weighted by Gasteiger charge is 2.12. The molecule has 3 aromatic carbocycles. The Balaban J connectivity index is 2.24. The second-order valence-electron chi connectivity index (χ2n) is 5.01. The van der Waals surface area contributed by atoms with E-state index in [1.165, 1.54) is 17.7 Å². The number of aromatic hydroxyl groups is 1. The number of carboxylic acid groups (broad SMARTS) is 1. The van der Waals surface area contributed by atoms with E-state index in [0.717, 1.165) is 21.9 Å². The molecule has 0 amide bonds. The van der Waals surface area contributed by atoms with E-state index in [9.17, 15) is 9.90 Å². The van der Waals surface area contributed by atoms with Gasteiger partial charge < -0.3 is 10.2 Å². The van der Waals surface area contributed by atoms with Crippen LogP contribution in [0.3, 0.4) is 0 Å². The highest BCUT2D eigenvalue weighted by atomic mass is 16.4. The van der Waals surface area contributed by atoms with Gasteiger partial charge in [0.1, 0.15) is 11.3 Å². The first-order chi connectivity index (χ1) is 10.1. The highest BCUT2D eigenvalue weighted by molar-refractivity contribution is 5.99. The first-order valence-electron chi connectivity index (χ1n) is 6.63. The van der Waals surface area contributed by atoms with Crippen LogP contribution in [0.5, 0.6) is 5.75 Å². The number of aromatic carboxylic acids is 1. The van der Waals surface area contributed by atoms with E-state index in [1.54, 1.807) is 6.07 Å². The Labute approximate surface area is 122 Å². The minimum absolute atomic E-state index is 0.0878. The van der Waals surface area contributed by atoms with Crippen LogP contribution in [0.15, 0.2) is 54.6 Å². The molecule has 3 rings (SSSR count). The Hall–Kier alpha value is -2.81. The van der Waals surface area contributed by atoms with Crippen molar-refractivity contribution < 1.29 is 15.0 Å². The summed E-state index contributed by atoms with van der Waals surface area (Å²) in [4.78, 5) is 11.0. The number of hydrogen-bond acceptors (Lipinski definition) is 2. The summed E-state index contributed by atoms with van der Waals surface area (Å²) in [7, 11) is 0. The fraction of sp³-hybridized carbons (Fsp3) is 0.0556. The molecular formula is C18H14O3. The number of phenols is 1. The van der Waals surface area contributed by atoms with Crippen LogP contribution in [0.1, 0.15) is 15.9 Å². The molecule has 0 aliphatic rings. The third kappa shape index (κ3) is 2.23. The maximum absolute atomic E-state index is 11.0. The molecule has 0 fully saturated rings. The molecule has 3 aromatic rings. The molecule has 3 heteroatoms. The van der Waals surface area contributed by atoms with Gasteiger partial charge in [-0.15, -0.1) is 0 Å². The van der Waals surface area contributed by atoms with Crippen molar-refractivity contribution in [2.75, 3.05) is 0 Å². The van der Waals surface area contributed by atoms with Crippen molar-refractivity contribution in [2.45, 2.75) is 6.92 Å². The van der Waals surface area contributed by atoms with Crippen LogP contribution >= 0.6 is 0 Å². The molecule has 0 spiro atoms. The van der Waals surface area contributed by atoms with Crippen molar-refractivity contribution in [1.29, 1.82) is 0 Å². The third-order valence-corrected chi connectivity index (χ3v) is 3.68. The summed E-state index contributed by atoms with van der Waals surface area (Å²) in [5.41, 5.74) is 2.87. The minimum Gasteiger partial charge on any atom is -0.507 e. The van der Waals surface area contributed by atoms with Crippen LogP contribution in [0.2, 0.25) is 0 Å². The van der Waals surface area contributed by atoms with Gasteiger partial charge in [0.05, 0.1) is 0 Å². The van der Waals surface area contributed by atoms with Gasteiger partial charge in [0.25, 0.3) is 0 Å². The van der Waals surface area contributed by atoms with Gasteiger partial charge in [-0.2, -0.15) is 0 Å². The molecule has 0 saturated carbocycles. The van der Waals surface area contributed by atoms with Crippen LogP contribution in [-0.4, -0.2) is 16.2 Å². The zero-order chi connectivity index (χ0) is 15.0. The number of rotatable bonds is 2. The standard InChI is InChI=1S/C18H14O3/c1-11-4-2-7-15-13(11)5-3-6-14(15)12-8-9-16(18(20)21)17(19)10-12/h2-10,19H,1H3,(H,20,21). The average molecular weight is 278 g/mol. The van der Waals surface area contributed by atoms with Crippen LogP contribution in [0, 0.1) is 6.92 Å². The predicted octanol–water partition coefficient (Wildman–Crippen LogP) is 4.22. The number of carbonyl (C=O) groups is 1.